The van der Waals surface area contributed by atoms with Gasteiger partial charge in [0, 0.05) is 0 Å². The van der Waals surface area contributed by atoms with Crippen LogP contribution >= 0.6 is 0 Å². The third-order valence-electron chi connectivity index (χ3n) is 1.62. The average molecular weight is 258 g/mol. The van der Waals surface area contributed by atoms with Crippen molar-refractivity contribution in [1.82, 2.24) is 0 Å². The molecule has 100 valence electrons. The summed E-state index contributed by atoms with van der Waals surface area (Å²) >= 11 is 0. The molecule has 0 heterocycles. The van der Waals surface area contributed by atoms with E-state index in [1.807, 2.05) is 0 Å². The minimum absolute atomic E-state index is 0.411. The molecule has 1 atom stereocenters. The summed E-state index contributed by atoms with van der Waals surface area (Å²) in [6.45, 7) is 3.38. The smallest absolute Gasteiger partial charge is 0.439 e. The molecule has 17 heavy (non-hydrogen) atoms. The van der Waals surface area contributed by atoms with Crippen LogP contribution in [0.15, 0.2) is 0 Å². The third-order valence-corrected chi connectivity index (χ3v) is 1.62. The van der Waals surface area contributed by atoms with Crippen LogP contribution < -0.4 is 0 Å². The Morgan fingerprint density at radius 1 is 1.24 bits per heavy atom. The van der Waals surface area contributed by atoms with Crippen LogP contribution in [0.25, 0.3) is 0 Å². The first-order valence-electron chi connectivity index (χ1n) is 4.74. The third kappa shape index (κ3) is 3.32. The molecule has 0 rings (SSSR count). The Bertz CT molecular complexity index is 299. The minimum atomic E-state index is -5.51. The quantitative estimate of drug-likeness (QED) is 0.596. The molecular weight excluding hydrogens is 245 g/mol. The molecule has 1 unspecified atom stereocenters. The lowest BCUT2D eigenvalue weighted by molar-refractivity contribution is -0.265. The number of esters is 2. The van der Waals surface area contributed by atoms with Crippen molar-refractivity contribution in [3.05, 3.63) is 0 Å². The Labute approximate surface area is 95.5 Å². The Morgan fingerprint density at radius 2 is 1.71 bits per heavy atom. The Kier molecular flexibility index (Phi) is 4.94. The summed E-state index contributed by atoms with van der Waals surface area (Å²) < 4.78 is 45.8. The van der Waals surface area contributed by atoms with Crippen molar-refractivity contribution in [3.8, 4) is 0 Å². The zero-order valence-corrected chi connectivity index (χ0v) is 9.50. The topological polar surface area (TPSA) is 72.8 Å². The van der Waals surface area contributed by atoms with Gasteiger partial charge in [-0.2, -0.15) is 13.2 Å². The van der Waals surface area contributed by atoms with Crippen molar-refractivity contribution in [3.63, 3.8) is 0 Å². The Morgan fingerprint density at radius 3 is 2.00 bits per heavy atom. The predicted octanol–water partition coefficient (Wildman–Crippen LogP) is 0.794. The molecule has 0 spiro atoms. The highest BCUT2D eigenvalue weighted by molar-refractivity contribution is 6.04. The standard InChI is InChI=1S/C9H13F3O5/c1-4-16-6(13)8(15,9(10,11)12)7(14)17-5(2)3/h5,15H,4H2,1-3H3. The van der Waals surface area contributed by atoms with Gasteiger partial charge in [-0.15, -0.1) is 0 Å². The first-order valence-corrected chi connectivity index (χ1v) is 4.74. The van der Waals surface area contributed by atoms with Crippen molar-refractivity contribution in [1.29, 1.82) is 0 Å². The van der Waals surface area contributed by atoms with Gasteiger partial charge < -0.3 is 14.6 Å². The monoisotopic (exact) mass is 258 g/mol. The molecule has 0 saturated heterocycles. The van der Waals surface area contributed by atoms with Gasteiger partial charge in [0.2, 0.25) is 0 Å². The van der Waals surface area contributed by atoms with E-state index >= 15 is 0 Å². The highest BCUT2D eigenvalue weighted by atomic mass is 19.4. The van der Waals surface area contributed by atoms with Gasteiger partial charge in [-0.05, 0) is 20.8 Å². The molecule has 0 saturated carbocycles. The zero-order chi connectivity index (χ0) is 13.9. The molecule has 0 aromatic heterocycles. The van der Waals surface area contributed by atoms with E-state index in [1.54, 1.807) is 0 Å². The lowest BCUT2D eigenvalue weighted by Gasteiger charge is -2.26. The molecule has 0 aliphatic rings. The van der Waals surface area contributed by atoms with Gasteiger partial charge in [0.15, 0.2) is 0 Å². The van der Waals surface area contributed by atoms with E-state index in [0.29, 0.717) is 0 Å². The first-order chi connectivity index (χ1) is 7.57. The van der Waals surface area contributed by atoms with Crippen molar-refractivity contribution in [2.75, 3.05) is 6.61 Å². The number of aliphatic hydroxyl groups is 1. The number of ether oxygens (including phenoxy) is 2. The second-order valence-corrected chi connectivity index (χ2v) is 3.38. The van der Waals surface area contributed by atoms with Crippen LogP contribution in [0.4, 0.5) is 13.2 Å². The average Bonchev–Trinajstić information content (AvgIpc) is 2.13. The van der Waals surface area contributed by atoms with Crippen LogP contribution in [-0.4, -0.2) is 41.5 Å². The zero-order valence-electron chi connectivity index (χ0n) is 9.50. The fourth-order valence-corrected chi connectivity index (χ4v) is 0.850. The van der Waals surface area contributed by atoms with Crippen LogP contribution in [0, 0.1) is 0 Å². The van der Waals surface area contributed by atoms with E-state index in [2.05, 4.69) is 9.47 Å². The van der Waals surface area contributed by atoms with Gasteiger partial charge in [0.25, 0.3) is 0 Å². The number of hydrogen-bond acceptors (Lipinski definition) is 5. The number of carbonyl (C=O) groups excluding carboxylic acids is 2. The summed E-state index contributed by atoms with van der Waals surface area (Å²) in [4.78, 5) is 22.2. The molecule has 0 aromatic rings. The summed E-state index contributed by atoms with van der Waals surface area (Å²) in [7, 11) is 0. The first kappa shape index (κ1) is 15.7. The molecule has 0 aliphatic heterocycles. The highest BCUT2D eigenvalue weighted by Gasteiger charge is 2.68. The number of alkyl halides is 3. The van der Waals surface area contributed by atoms with E-state index in [9.17, 15) is 27.9 Å². The van der Waals surface area contributed by atoms with Gasteiger partial charge in [-0.1, -0.05) is 0 Å². The number of rotatable bonds is 4. The fourth-order valence-electron chi connectivity index (χ4n) is 0.850. The summed E-state index contributed by atoms with van der Waals surface area (Å²) in [5, 5.41) is 9.19. The molecule has 0 radical (unpaired) electrons. The molecule has 0 fully saturated rings. The van der Waals surface area contributed by atoms with Crippen LogP contribution in [0.3, 0.4) is 0 Å². The number of carbonyl (C=O) groups is 2. The van der Waals surface area contributed by atoms with Gasteiger partial charge in [0.05, 0.1) is 12.7 Å². The van der Waals surface area contributed by atoms with Crippen molar-refractivity contribution in [2.45, 2.75) is 38.7 Å². The molecular formula is C9H13F3O5. The maximum absolute atomic E-state index is 12.5. The van der Waals surface area contributed by atoms with E-state index in [1.165, 1.54) is 20.8 Å². The van der Waals surface area contributed by atoms with E-state index in [-0.39, 0.29) is 0 Å². The Balaban J connectivity index is 5.26. The SMILES string of the molecule is CCOC(=O)C(O)(C(=O)OC(C)C)C(F)(F)F. The van der Waals surface area contributed by atoms with Crippen molar-refractivity contribution in [2.24, 2.45) is 0 Å². The molecule has 1 N–H and O–H groups in total. The molecule has 0 bridgehead atoms. The number of hydrogen-bond donors (Lipinski definition) is 1. The molecule has 0 aliphatic carbocycles. The van der Waals surface area contributed by atoms with Crippen LogP contribution in [0.1, 0.15) is 20.8 Å². The Hall–Kier alpha value is -1.31. The van der Waals surface area contributed by atoms with E-state index in [4.69, 9.17) is 0 Å². The summed E-state index contributed by atoms with van der Waals surface area (Å²) in [6.07, 6.45) is -6.42. The van der Waals surface area contributed by atoms with Crippen LogP contribution in [0.2, 0.25) is 0 Å². The maximum Gasteiger partial charge on any atom is 0.439 e. The van der Waals surface area contributed by atoms with Gasteiger partial charge in [-0.3, -0.25) is 0 Å². The number of halogens is 3. The van der Waals surface area contributed by atoms with Gasteiger partial charge in [0.1, 0.15) is 0 Å². The summed E-state index contributed by atoms with van der Waals surface area (Å²) in [6, 6.07) is 0. The van der Waals surface area contributed by atoms with Gasteiger partial charge >= 0.3 is 23.7 Å². The van der Waals surface area contributed by atoms with E-state index in [0.717, 1.165) is 0 Å². The second kappa shape index (κ2) is 5.35. The largest absolute Gasteiger partial charge is 0.463 e. The van der Waals surface area contributed by atoms with Crippen LogP contribution in [0.5, 0.6) is 0 Å². The molecule has 0 amide bonds. The minimum Gasteiger partial charge on any atom is -0.463 e. The summed E-state index contributed by atoms with van der Waals surface area (Å²) in [5.41, 5.74) is -4.28. The lowest BCUT2D eigenvalue weighted by atomic mass is 10.0. The normalized spacial score (nSPS) is 15.3. The highest BCUT2D eigenvalue weighted by Crippen LogP contribution is 2.33. The van der Waals surface area contributed by atoms with Gasteiger partial charge in [-0.25, -0.2) is 9.59 Å². The fraction of sp³-hybridized carbons (Fsp3) is 0.778. The second-order valence-electron chi connectivity index (χ2n) is 3.38. The van der Waals surface area contributed by atoms with Crippen molar-refractivity contribution >= 4 is 11.9 Å². The molecule has 8 heteroatoms. The van der Waals surface area contributed by atoms with Crippen LogP contribution in [-0.2, 0) is 19.1 Å². The lowest BCUT2D eigenvalue weighted by Crippen LogP contribution is -2.60. The summed E-state index contributed by atoms with van der Waals surface area (Å²) in [5.74, 6) is -4.20. The maximum atomic E-state index is 12.5. The molecule has 0 aromatic carbocycles. The predicted molar refractivity (Wildman–Crippen MR) is 48.9 cm³/mol. The van der Waals surface area contributed by atoms with Crippen molar-refractivity contribution < 1.29 is 37.3 Å². The molecule has 5 nitrogen and oxygen atoms in total. The van der Waals surface area contributed by atoms with E-state index < -0.39 is 36.4 Å².